The summed E-state index contributed by atoms with van der Waals surface area (Å²) in [6, 6.07) is 4.88. The smallest absolute Gasteiger partial charge is 0.478 e. The Bertz CT molecular complexity index is 1060. The van der Waals surface area contributed by atoms with Crippen LogP contribution in [-0.4, -0.2) is 33.9 Å². The van der Waals surface area contributed by atoms with Crippen LogP contribution in [0, 0.1) is 17.3 Å². The van der Waals surface area contributed by atoms with E-state index in [-0.39, 0.29) is 17.8 Å². The molecule has 0 unspecified atom stereocenters. The Kier molecular flexibility index (Phi) is 7.06. The molecule has 0 radical (unpaired) electrons. The summed E-state index contributed by atoms with van der Waals surface area (Å²) < 4.78 is 40.6. The lowest BCUT2D eigenvalue weighted by molar-refractivity contribution is -0.274. The fraction of sp³-hybridized carbons (Fsp3) is 0.333. The Morgan fingerprint density at radius 2 is 1.78 bits per heavy atom. The second kappa shape index (κ2) is 9.05. The van der Waals surface area contributed by atoms with Crippen molar-refractivity contribution >= 4 is 11.8 Å². The van der Waals surface area contributed by atoms with E-state index in [9.17, 15) is 27.9 Å². The number of benzene rings is 1. The van der Waals surface area contributed by atoms with Crippen molar-refractivity contribution in [1.29, 1.82) is 0 Å². The van der Waals surface area contributed by atoms with Crippen LogP contribution in [-0.2, 0) is 9.59 Å². The number of ether oxygens (including phenoxy) is 1. The zero-order valence-corrected chi connectivity index (χ0v) is 18.0. The molecule has 1 atom stereocenters. The Hall–Kier alpha value is -3.31. The minimum Gasteiger partial charge on any atom is -0.478 e. The number of halogens is 3. The molecule has 0 spiro atoms. The minimum atomic E-state index is -4.80. The van der Waals surface area contributed by atoms with Gasteiger partial charge in [0.2, 0.25) is 0 Å². The van der Waals surface area contributed by atoms with E-state index >= 15 is 0 Å². The van der Waals surface area contributed by atoms with Crippen molar-refractivity contribution in [2.45, 2.75) is 46.1 Å². The zero-order valence-electron chi connectivity index (χ0n) is 18.0. The van der Waals surface area contributed by atoms with Crippen LogP contribution < -0.4 is 4.74 Å². The maximum Gasteiger partial charge on any atom is 0.573 e. The molecule has 2 rings (SSSR count). The fourth-order valence-electron chi connectivity index (χ4n) is 3.42. The molecule has 0 heterocycles. The average Bonchev–Trinajstić information content (AvgIpc) is 2.64. The number of carbonyl (C=O) groups excluding carboxylic acids is 1. The van der Waals surface area contributed by atoms with Gasteiger partial charge in [-0.15, -0.1) is 13.2 Å². The number of alkyl halides is 3. The number of ketones is 1. The molecule has 0 saturated carbocycles. The van der Waals surface area contributed by atoms with E-state index in [0.29, 0.717) is 16.7 Å². The molecule has 170 valence electrons. The molecule has 0 amide bonds. The van der Waals surface area contributed by atoms with Crippen molar-refractivity contribution in [3.05, 3.63) is 64.8 Å². The van der Waals surface area contributed by atoms with Crippen LogP contribution in [0.15, 0.2) is 59.2 Å². The van der Waals surface area contributed by atoms with Gasteiger partial charge in [-0.05, 0) is 55.3 Å². The van der Waals surface area contributed by atoms with Crippen LogP contribution in [0.2, 0.25) is 0 Å². The predicted octanol–water partition coefficient (Wildman–Crippen LogP) is 4.57. The van der Waals surface area contributed by atoms with Crippen LogP contribution in [0.3, 0.4) is 0 Å². The van der Waals surface area contributed by atoms with Crippen molar-refractivity contribution in [2.24, 2.45) is 5.41 Å². The molecule has 0 bridgehead atoms. The van der Waals surface area contributed by atoms with Crippen LogP contribution >= 0.6 is 0 Å². The summed E-state index contributed by atoms with van der Waals surface area (Å²) in [7, 11) is 0. The maximum absolute atomic E-state index is 12.7. The van der Waals surface area contributed by atoms with Gasteiger partial charge in [-0.2, -0.15) is 0 Å². The van der Waals surface area contributed by atoms with Crippen molar-refractivity contribution < 1.29 is 37.7 Å². The Labute approximate surface area is 183 Å². The fourth-order valence-corrected chi connectivity index (χ4v) is 3.42. The molecule has 1 aromatic rings. The van der Waals surface area contributed by atoms with Crippen molar-refractivity contribution in [2.75, 3.05) is 0 Å². The predicted molar refractivity (Wildman–Crippen MR) is 112 cm³/mol. The first-order chi connectivity index (χ1) is 14.6. The number of allylic oxidation sites excluding steroid dienone is 3. The first kappa shape index (κ1) is 25.0. The third kappa shape index (κ3) is 5.89. The molecular formula is C24H23F3O5. The number of aliphatic carboxylic acids is 1. The lowest BCUT2D eigenvalue weighted by Crippen LogP contribution is -2.49. The first-order valence-electron chi connectivity index (χ1n) is 9.60. The number of carboxylic acid groups (broad SMARTS) is 1. The molecule has 1 aliphatic rings. The van der Waals surface area contributed by atoms with Crippen LogP contribution in [0.4, 0.5) is 13.2 Å². The highest BCUT2D eigenvalue weighted by molar-refractivity contribution is 6.02. The number of carbonyl (C=O) groups is 2. The number of carboxylic acids is 1. The number of hydrogen-bond donors (Lipinski definition) is 2. The van der Waals surface area contributed by atoms with Crippen LogP contribution in [0.5, 0.6) is 5.75 Å². The largest absolute Gasteiger partial charge is 0.573 e. The van der Waals surface area contributed by atoms with E-state index in [1.165, 1.54) is 24.3 Å². The molecular weight excluding hydrogens is 425 g/mol. The molecule has 0 aromatic heterocycles. The van der Waals surface area contributed by atoms with Crippen molar-refractivity contribution in [3.63, 3.8) is 0 Å². The summed E-state index contributed by atoms with van der Waals surface area (Å²) in [5, 5.41) is 20.3. The van der Waals surface area contributed by atoms with Gasteiger partial charge >= 0.3 is 12.3 Å². The molecule has 5 nitrogen and oxygen atoms in total. The Morgan fingerprint density at radius 1 is 1.19 bits per heavy atom. The molecule has 32 heavy (non-hydrogen) atoms. The van der Waals surface area contributed by atoms with E-state index in [2.05, 4.69) is 16.6 Å². The summed E-state index contributed by atoms with van der Waals surface area (Å²) in [4.78, 5) is 23.5. The lowest BCUT2D eigenvalue weighted by Gasteiger charge is -2.45. The summed E-state index contributed by atoms with van der Waals surface area (Å²) in [6.45, 7) is 6.59. The minimum absolute atomic E-state index is 0.00472. The summed E-state index contributed by atoms with van der Waals surface area (Å²) in [5.74, 6) is 3.68. The van der Waals surface area contributed by atoms with Gasteiger partial charge in [0.15, 0.2) is 5.78 Å². The average molecular weight is 448 g/mol. The second-order valence-corrected chi connectivity index (χ2v) is 8.13. The van der Waals surface area contributed by atoms with Gasteiger partial charge in [0.25, 0.3) is 0 Å². The third-order valence-electron chi connectivity index (χ3n) is 5.22. The second-order valence-electron chi connectivity index (χ2n) is 8.13. The van der Waals surface area contributed by atoms with E-state index in [1.807, 2.05) is 0 Å². The summed E-state index contributed by atoms with van der Waals surface area (Å²) >= 11 is 0. The quantitative estimate of drug-likeness (QED) is 0.401. The molecule has 0 fully saturated rings. The van der Waals surface area contributed by atoms with Crippen LogP contribution in [0.25, 0.3) is 0 Å². The number of aliphatic hydroxyl groups is 1. The third-order valence-corrected chi connectivity index (χ3v) is 5.22. The molecule has 2 N–H and O–H groups in total. The highest BCUT2D eigenvalue weighted by Crippen LogP contribution is 2.46. The van der Waals surface area contributed by atoms with Gasteiger partial charge in [-0.3, -0.25) is 4.79 Å². The van der Waals surface area contributed by atoms with Gasteiger partial charge in [-0.1, -0.05) is 31.8 Å². The van der Waals surface area contributed by atoms with Gasteiger partial charge in [0.05, 0.1) is 5.57 Å². The highest BCUT2D eigenvalue weighted by Gasteiger charge is 2.49. The first-order valence-corrected chi connectivity index (χ1v) is 9.60. The zero-order chi connectivity index (χ0) is 24.3. The summed E-state index contributed by atoms with van der Waals surface area (Å²) in [5.41, 5.74) is -1.27. The van der Waals surface area contributed by atoms with E-state index in [0.717, 1.165) is 18.2 Å². The highest BCUT2D eigenvalue weighted by atomic mass is 19.4. The topological polar surface area (TPSA) is 83.8 Å². The molecule has 1 aliphatic carbocycles. The lowest BCUT2D eigenvalue weighted by atomic mass is 9.62. The monoisotopic (exact) mass is 448 g/mol. The maximum atomic E-state index is 12.7. The Balaban J connectivity index is 2.43. The normalized spacial score (nSPS) is 21.4. The molecule has 0 aliphatic heterocycles. The van der Waals surface area contributed by atoms with Gasteiger partial charge in [0, 0.05) is 23.5 Å². The van der Waals surface area contributed by atoms with Crippen molar-refractivity contribution in [1.82, 2.24) is 0 Å². The molecule has 1 aromatic carbocycles. The van der Waals surface area contributed by atoms with Crippen LogP contribution in [0.1, 0.15) is 39.7 Å². The number of hydrogen-bond acceptors (Lipinski definition) is 4. The summed E-state index contributed by atoms with van der Waals surface area (Å²) in [6.07, 6.45) is -0.886. The van der Waals surface area contributed by atoms with Gasteiger partial charge in [-0.25, -0.2) is 4.79 Å². The van der Waals surface area contributed by atoms with E-state index < -0.39 is 29.1 Å². The SMILES string of the molecule is CC1=C(C#Cc2ccc(OC(F)(F)F)cc2)C(=O)CC(C)(C)[C@@]1(O)/C=C/C(C)=C\C(=O)O. The molecule has 0 saturated heterocycles. The standard InChI is InChI=1S/C24H23F3O5/c1-15(13-21(29)30)11-12-23(31)16(2)19(20(28)14-22(23,3)4)10-7-17-5-8-18(9-6-17)32-24(25,26)27/h5-6,8-9,11-13,31H,14H2,1-4H3,(H,29,30)/b12-11+,15-13-/t23-/m1/s1. The van der Waals surface area contributed by atoms with Gasteiger partial charge < -0.3 is 14.9 Å². The van der Waals surface area contributed by atoms with E-state index in [1.54, 1.807) is 27.7 Å². The number of Topliss-reactive ketones (excluding diaryl/α,β-unsaturated/α-hetero) is 1. The molecule has 8 heteroatoms. The van der Waals surface area contributed by atoms with E-state index in [4.69, 9.17) is 5.11 Å². The van der Waals surface area contributed by atoms with Gasteiger partial charge in [0.1, 0.15) is 11.4 Å². The number of rotatable bonds is 4. The van der Waals surface area contributed by atoms with Crippen molar-refractivity contribution in [3.8, 4) is 17.6 Å². The Morgan fingerprint density at radius 3 is 2.31 bits per heavy atom.